The van der Waals surface area contributed by atoms with Gasteiger partial charge in [-0.15, -0.1) is 0 Å². The van der Waals surface area contributed by atoms with Crippen LogP contribution in [0.2, 0.25) is 0 Å². The summed E-state index contributed by atoms with van der Waals surface area (Å²) in [4.78, 5) is 26.5. The van der Waals surface area contributed by atoms with E-state index in [1.807, 2.05) is 6.92 Å². The van der Waals surface area contributed by atoms with Crippen LogP contribution in [0.3, 0.4) is 0 Å². The van der Waals surface area contributed by atoms with Crippen LogP contribution in [0.4, 0.5) is 4.39 Å². The quantitative estimate of drug-likeness (QED) is 0.806. The van der Waals surface area contributed by atoms with E-state index in [2.05, 4.69) is 5.32 Å². The van der Waals surface area contributed by atoms with Gasteiger partial charge < -0.3 is 15.0 Å². The molecule has 0 spiro atoms. The predicted octanol–water partition coefficient (Wildman–Crippen LogP) is 1.76. The molecule has 6 heteroatoms. The molecule has 1 aromatic rings. The summed E-state index contributed by atoms with van der Waals surface area (Å²) in [5.41, 5.74) is 0.778. The number of nitrogens with zero attached hydrogens (tertiary/aromatic N) is 1. The van der Waals surface area contributed by atoms with E-state index in [1.54, 1.807) is 24.1 Å². The Kier molecular flexibility index (Phi) is 6.73. The Morgan fingerprint density at radius 1 is 1.29 bits per heavy atom. The third kappa shape index (κ3) is 5.03. The molecule has 1 N–H and O–H groups in total. The van der Waals surface area contributed by atoms with Crippen molar-refractivity contribution < 1.29 is 18.7 Å². The molecule has 132 valence electrons. The number of halogens is 1. The van der Waals surface area contributed by atoms with Gasteiger partial charge in [0.1, 0.15) is 5.82 Å². The maximum Gasteiger partial charge on any atom is 0.227 e. The van der Waals surface area contributed by atoms with Gasteiger partial charge in [-0.1, -0.05) is 12.1 Å². The van der Waals surface area contributed by atoms with E-state index in [1.165, 1.54) is 12.1 Å². The molecule has 1 aliphatic rings. The zero-order chi connectivity index (χ0) is 17.5. The minimum atomic E-state index is -0.315. The second-order valence-electron chi connectivity index (χ2n) is 6.26. The van der Waals surface area contributed by atoms with Crippen LogP contribution in [0.15, 0.2) is 24.3 Å². The van der Waals surface area contributed by atoms with Gasteiger partial charge in [-0.25, -0.2) is 4.39 Å². The first-order valence-electron chi connectivity index (χ1n) is 8.31. The summed E-state index contributed by atoms with van der Waals surface area (Å²) in [6.07, 6.45) is 1.81. The van der Waals surface area contributed by atoms with Crippen molar-refractivity contribution in [3.05, 3.63) is 35.6 Å². The standard InChI is InChI=1S/C18H25FN2O3/c1-13-3-6-15(18(23)20-9-10-24-2)12-21(13)17(22)11-14-4-7-16(19)8-5-14/h4-5,7-8,13,15H,3,6,9-12H2,1-2H3,(H,20,23)/t13-,15+/m1/s1. The average molecular weight is 336 g/mol. The number of piperidine rings is 1. The highest BCUT2D eigenvalue weighted by Gasteiger charge is 2.32. The molecule has 1 fully saturated rings. The second kappa shape index (κ2) is 8.78. The first-order chi connectivity index (χ1) is 11.5. The van der Waals surface area contributed by atoms with Crippen molar-refractivity contribution >= 4 is 11.8 Å². The molecule has 0 aliphatic carbocycles. The van der Waals surface area contributed by atoms with Crippen molar-refractivity contribution in [3.8, 4) is 0 Å². The molecule has 1 aromatic carbocycles. The van der Waals surface area contributed by atoms with Crippen molar-refractivity contribution in [1.29, 1.82) is 0 Å². The summed E-state index contributed by atoms with van der Waals surface area (Å²) >= 11 is 0. The molecular weight excluding hydrogens is 311 g/mol. The fourth-order valence-electron chi connectivity index (χ4n) is 2.97. The zero-order valence-corrected chi connectivity index (χ0v) is 14.3. The Morgan fingerprint density at radius 3 is 2.67 bits per heavy atom. The molecule has 0 saturated carbocycles. The molecule has 1 aliphatic heterocycles. The van der Waals surface area contributed by atoms with E-state index in [0.717, 1.165) is 18.4 Å². The van der Waals surface area contributed by atoms with Crippen LogP contribution in [-0.2, 0) is 20.7 Å². The largest absolute Gasteiger partial charge is 0.383 e. The highest BCUT2D eigenvalue weighted by molar-refractivity contribution is 5.82. The van der Waals surface area contributed by atoms with E-state index in [-0.39, 0.29) is 36.0 Å². The van der Waals surface area contributed by atoms with E-state index >= 15 is 0 Å². The number of methoxy groups -OCH3 is 1. The Hall–Kier alpha value is -1.95. The van der Waals surface area contributed by atoms with Crippen molar-refractivity contribution in [3.63, 3.8) is 0 Å². The molecule has 2 rings (SSSR count). The number of benzene rings is 1. The topological polar surface area (TPSA) is 58.6 Å². The average Bonchev–Trinajstić information content (AvgIpc) is 2.57. The number of ether oxygens (including phenoxy) is 1. The van der Waals surface area contributed by atoms with Crippen molar-refractivity contribution in [1.82, 2.24) is 10.2 Å². The van der Waals surface area contributed by atoms with Gasteiger partial charge in [-0.05, 0) is 37.5 Å². The summed E-state index contributed by atoms with van der Waals surface area (Å²) in [5.74, 6) is -0.553. The SMILES string of the molecule is COCCNC(=O)[C@H]1CC[C@@H](C)N(C(=O)Cc2ccc(F)cc2)C1. The normalized spacial score (nSPS) is 20.7. The van der Waals surface area contributed by atoms with Crippen LogP contribution in [0, 0.1) is 11.7 Å². The second-order valence-corrected chi connectivity index (χ2v) is 6.26. The Labute approximate surface area is 142 Å². The smallest absolute Gasteiger partial charge is 0.227 e. The molecule has 0 aromatic heterocycles. The van der Waals surface area contributed by atoms with Crippen LogP contribution in [0.5, 0.6) is 0 Å². The van der Waals surface area contributed by atoms with Crippen molar-refractivity contribution in [2.75, 3.05) is 26.8 Å². The zero-order valence-electron chi connectivity index (χ0n) is 14.3. The van der Waals surface area contributed by atoms with Gasteiger partial charge in [0.15, 0.2) is 0 Å². The van der Waals surface area contributed by atoms with E-state index < -0.39 is 0 Å². The maximum absolute atomic E-state index is 13.0. The molecule has 2 amide bonds. The summed E-state index contributed by atoms with van der Waals surface area (Å²) in [7, 11) is 1.59. The minimum Gasteiger partial charge on any atom is -0.383 e. The predicted molar refractivity (Wildman–Crippen MR) is 88.9 cm³/mol. The van der Waals surface area contributed by atoms with E-state index in [4.69, 9.17) is 4.74 Å². The van der Waals surface area contributed by atoms with Crippen LogP contribution >= 0.6 is 0 Å². The molecule has 24 heavy (non-hydrogen) atoms. The molecule has 1 heterocycles. The van der Waals surface area contributed by atoms with Crippen LogP contribution < -0.4 is 5.32 Å². The summed E-state index contributed by atoms with van der Waals surface area (Å²) < 4.78 is 17.9. The lowest BCUT2D eigenvalue weighted by molar-refractivity contribution is -0.137. The number of rotatable bonds is 6. The van der Waals surface area contributed by atoms with Crippen LogP contribution in [0.25, 0.3) is 0 Å². The first-order valence-corrected chi connectivity index (χ1v) is 8.31. The summed E-state index contributed by atoms with van der Waals surface area (Å²) in [6, 6.07) is 6.07. The summed E-state index contributed by atoms with van der Waals surface area (Å²) in [6.45, 7) is 3.38. The minimum absolute atomic E-state index is 0.0245. The van der Waals surface area contributed by atoms with Gasteiger partial charge in [0.05, 0.1) is 18.9 Å². The van der Waals surface area contributed by atoms with Crippen LogP contribution in [-0.4, -0.2) is 49.6 Å². The van der Waals surface area contributed by atoms with Gasteiger partial charge in [-0.2, -0.15) is 0 Å². The number of nitrogens with one attached hydrogen (secondary N) is 1. The van der Waals surface area contributed by atoms with Crippen molar-refractivity contribution in [2.24, 2.45) is 5.92 Å². The number of likely N-dealkylation sites (tertiary alicyclic amines) is 1. The maximum atomic E-state index is 13.0. The molecule has 2 atom stereocenters. The third-order valence-electron chi connectivity index (χ3n) is 4.45. The lowest BCUT2D eigenvalue weighted by Crippen LogP contribution is -2.50. The molecule has 0 unspecified atom stereocenters. The number of hydrogen-bond acceptors (Lipinski definition) is 3. The first kappa shape index (κ1) is 18.4. The highest BCUT2D eigenvalue weighted by atomic mass is 19.1. The number of carbonyl (C=O) groups is 2. The monoisotopic (exact) mass is 336 g/mol. The fourth-order valence-corrected chi connectivity index (χ4v) is 2.97. The van der Waals surface area contributed by atoms with Crippen molar-refractivity contribution in [2.45, 2.75) is 32.2 Å². The number of carbonyl (C=O) groups excluding carboxylic acids is 2. The number of amides is 2. The summed E-state index contributed by atoms with van der Waals surface area (Å²) in [5, 5.41) is 2.84. The Balaban J connectivity index is 1.93. The molecule has 0 radical (unpaired) electrons. The highest BCUT2D eigenvalue weighted by Crippen LogP contribution is 2.23. The lowest BCUT2D eigenvalue weighted by Gasteiger charge is -2.37. The molecular formula is C18H25FN2O3. The number of hydrogen-bond donors (Lipinski definition) is 1. The van der Waals surface area contributed by atoms with E-state index in [9.17, 15) is 14.0 Å². The third-order valence-corrected chi connectivity index (χ3v) is 4.45. The van der Waals surface area contributed by atoms with Gasteiger partial charge in [0.2, 0.25) is 11.8 Å². The van der Waals surface area contributed by atoms with Gasteiger partial charge >= 0.3 is 0 Å². The molecule has 0 bridgehead atoms. The van der Waals surface area contributed by atoms with Crippen LogP contribution in [0.1, 0.15) is 25.3 Å². The van der Waals surface area contributed by atoms with Gasteiger partial charge in [0, 0.05) is 26.2 Å². The van der Waals surface area contributed by atoms with Gasteiger partial charge in [0.25, 0.3) is 0 Å². The van der Waals surface area contributed by atoms with E-state index in [0.29, 0.717) is 19.7 Å². The lowest BCUT2D eigenvalue weighted by atomic mass is 9.92. The fraction of sp³-hybridized carbons (Fsp3) is 0.556. The molecule has 1 saturated heterocycles. The molecule has 5 nitrogen and oxygen atoms in total. The van der Waals surface area contributed by atoms with Gasteiger partial charge in [-0.3, -0.25) is 9.59 Å². The Bertz CT molecular complexity index is 562. The Morgan fingerprint density at radius 2 is 2.00 bits per heavy atom.